The molecule has 16 heavy (non-hydrogen) atoms. The van der Waals surface area contributed by atoms with E-state index in [-0.39, 0.29) is 5.75 Å². The summed E-state index contributed by atoms with van der Waals surface area (Å²) in [7, 11) is -1.81. The average Bonchev–Trinajstić information content (AvgIpc) is 2.21. The first-order valence-corrected chi connectivity index (χ1v) is 6.85. The van der Waals surface area contributed by atoms with Crippen LogP contribution in [0.4, 0.5) is 5.69 Å². The molecule has 0 saturated carbocycles. The molecule has 0 unspecified atom stereocenters. The molecule has 1 rings (SSSR count). The second kappa shape index (κ2) is 5.41. The van der Waals surface area contributed by atoms with E-state index < -0.39 is 10.0 Å². The Morgan fingerprint density at radius 2 is 2.12 bits per heavy atom. The van der Waals surface area contributed by atoms with E-state index in [0.29, 0.717) is 22.9 Å². The van der Waals surface area contributed by atoms with Gasteiger partial charge < -0.3 is 4.74 Å². The van der Waals surface area contributed by atoms with Crippen LogP contribution in [0.15, 0.2) is 18.2 Å². The number of hydrogen-bond donors (Lipinski definition) is 1. The highest BCUT2D eigenvalue weighted by Crippen LogP contribution is 2.27. The van der Waals surface area contributed by atoms with Gasteiger partial charge in [-0.2, -0.15) is 0 Å². The van der Waals surface area contributed by atoms with Crippen molar-refractivity contribution in [3.63, 3.8) is 0 Å². The summed E-state index contributed by atoms with van der Waals surface area (Å²) in [5.74, 6) is 0.624. The van der Waals surface area contributed by atoms with Gasteiger partial charge in [-0.25, -0.2) is 8.42 Å². The predicted molar refractivity (Wildman–Crippen MR) is 65.7 cm³/mol. The highest BCUT2D eigenvalue weighted by molar-refractivity contribution is 7.92. The van der Waals surface area contributed by atoms with Gasteiger partial charge in [0.15, 0.2) is 0 Å². The molecule has 0 atom stereocenters. The molecule has 0 aromatic heterocycles. The molecule has 1 aromatic rings. The lowest BCUT2D eigenvalue weighted by Crippen LogP contribution is -2.16. The number of sulfonamides is 1. The zero-order valence-corrected chi connectivity index (χ0v) is 10.7. The van der Waals surface area contributed by atoms with Gasteiger partial charge in [0.2, 0.25) is 10.0 Å². The van der Waals surface area contributed by atoms with Gasteiger partial charge in [0, 0.05) is 6.07 Å². The van der Waals surface area contributed by atoms with Crippen molar-refractivity contribution in [1.82, 2.24) is 0 Å². The van der Waals surface area contributed by atoms with Crippen LogP contribution in [0, 0.1) is 0 Å². The van der Waals surface area contributed by atoms with Crippen LogP contribution in [-0.2, 0) is 10.0 Å². The van der Waals surface area contributed by atoms with Crippen LogP contribution in [0.3, 0.4) is 0 Å². The third kappa shape index (κ3) is 3.57. The topological polar surface area (TPSA) is 55.4 Å². The molecule has 0 heterocycles. The first kappa shape index (κ1) is 13.1. The Balaban J connectivity index is 2.96. The third-order valence-electron chi connectivity index (χ3n) is 1.91. The Bertz CT molecular complexity index is 459. The van der Waals surface area contributed by atoms with Crippen molar-refractivity contribution < 1.29 is 13.2 Å². The third-order valence-corrected chi connectivity index (χ3v) is 3.72. The quantitative estimate of drug-likeness (QED) is 0.888. The Morgan fingerprint density at radius 1 is 1.44 bits per heavy atom. The number of benzene rings is 1. The first-order valence-electron chi connectivity index (χ1n) is 4.82. The maximum Gasteiger partial charge on any atom is 0.232 e. The zero-order chi connectivity index (χ0) is 12.2. The van der Waals surface area contributed by atoms with Crippen molar-refractivity contribution in [3.05, 3.63) is 23.2 Å². The van der Waals surface area contributed by atoms with Crippen molar-refractivity contribution in [2.45, 2.75) is 13.3 Å². The van der Waals surface area contributed by atoms with E-state index in [2.05, 4.69) is 4.72 Å². The standard InChI is InChI=1S/C10H14ClNO3S/c1-3-6-16(13,14)12-10-7-8(15-2)4-5-9(10)11/h4-5,7,12H,3,6H2,1-2H3. The van der Waals surface area contributed by atoms with Crippen molar-refractivity contribution in [2.75, 3.05) is 17.6 Å². The van der Waals surface area contributed by atoms with E-state index in [1.165, 1.54) is 7.11 Å². The number of methoxy groups -OCH3 is 1. The molecule has 0 aliphatic rings. The maximum atomic E-state index is 11.5. The fourth-order valence-electron chi connectivity index (χ4n) is 1.20. The maximum absolute atomic E-state index is 11.5. The van der Waals surface area contributed by atoms with Crippen LogP contribution in [-0.4, -0.2) is 21.3 Å². The fourth-order valence-corrected chi connectivity index (χ4v) is 2.56. The van der Waals surface area contributed by atoms with Gasteiger partial charge in [-0.05, 0) is 18.6 Å². The van der Waals surface area contributed by atoms with Gasteiger partial charge in [0.25, 0.3) is 0 Å². The molecular weight excluding hydrogens is 250 g/mol. The number of ether oxygens (including phenoxy) is 1. The number of nitrogens with one attached hydrogen (secondary N) is 1. The number of rotatable bonds is 5. The lowest BCUT2D eigenvalue weighted by molar-refractivity contribution is 0.415. The molecule has 0 bridgehead atoms. The molecule has 1 N–H and O–H groups in total. The summed E-state index contributed by atoms with van der Waals surface area (Å²) in [6, 6.07) is 4.81. The largest absolute Gasteiger partial charge is 0.497 e. The lowest BCUT2D eigenvalue weighted by Gasteiger charge is -2.10. The van der Waals surface area contributed by atoms with Crippen molar-refractivity contribution in [1.29, 1.82) is 0 Å². The molecule has 0 amide bonds. The number of hydrogen-bond acceptors (Lipinski definition) is 3. The van der Waals surface area contributed by atoms with Crippen molar-refractivity contribution in [3.8, 4) is 5.75 Å². The molecule has 0 spiro atoms. The van der Waals surface area contributed by atoms with Gasteiger partial charge in [-0.3, -0.25) is 4.72 Å². The molecule has 0 fully saturated rings. The molecule has 4 nitrogen and oxygen atoms in total. The molecule has 1 aromatic carbocycles. The van der Waals surface area contributed by atoms with Crippen LogP contribution in [0.5, 0.6) is 5.75 Å². The van der Waals surface area contributed by atoms with E-state index in [4.69, 9.17) is 16.3 Å². The first-order chi connectivity index (χ1) is 7.48. The van der Waals surface area contributed by atoms with E-state index in [1.807, 2.05) is 0 Å². The van der Waals surface area contributed by atoms with Crippen LogP contribution in [0.1, 0.15) is 13.3 Å². The van der Waals surface area contributed by atoms with Crippen LogP contribution in [0.2, 0.25) is 5.02 Å². The number of halogens is 1. The number of anilines is 1. The fraction of sp³-hybridized carbons (Fsp3) is 0.400. The Morgan fingerprint density at radius 3 is 2.69 bits per heavy atom. The molecular formula is C10H14ClNO3S. The SMILES string of the molecule is CCCS(=O)(=O)Nc1cc(OC)ccc1Cl. The van der Waals surface area contributed by atoms with Gasteiger partial charge in [-0.1, -0.05) is 18.5 Å². The van der Waals surface area contributed by atoms with E-state index in [0.717, 1.165) is 0 Å². The van der Waals surface area contributed by atoms with Gasteiger partial charge in [-0.15, -0.1) is 0 Å². The molecule has 90 valence electrons. The second-order valence-electron chi connectivity index (χ2n) is 3.27. The van der Waals surface area contributed by atoms with Gasteiger partial charge >= 0.3 is 0 Å². The highest BCUT2D eigenvalue weighted by atomic mass is 35.5. The zero-order valence-electron chi connectivity index (χ0n) is 9.16. The summed E-state index contributed by atoms with van der Waals surface area (Å²) in [6.45, 7) is 1.80. The minimum atomic E-state index is -3.32. The van der Waals surface area contributed by atoms with E-state index in [9.17, 15) is 8.42 Å². The van der Waals surface area contributed by atoms with Crippen LogP contribution in [0.25, 0.3) is 0 Å². The minimum Gasteiger partial charge on any atom is -0.497 e. The Kier molecular flexibility index (Phi) is 4.44. The summed E-state index contributed by atoms with van der Waals surface area (Å²) < 4.78 is 30.5. The molecule has 0 aliphatic heterocycles. The summed E-state index contributed by atoms with van der Waals surface area (Å²) in [4.78, 5) is 0. The second-order valence-corrected chi connectivity index (χ2v) is 5.52. The summed E-state index contributed by atoms with van der Waals surface area (Å²) in [5.41, 5.74) is 0.342. The van der Waals surface area contributed by atoms with Gasteiger partial charge in [0.1, 0.15) is 5.75 Å². The normalized spacial score (nSPS) is 11.2. The highest BCUT2D eigenvalue weighted by Gasteiger charge is 2.11. The molecule has 0 radical (unpaired) electrons. The van der Waals surface area contributed by atoms with Crippen molar-refractivity contribution in [2.24, 2.45) is 0 Å². The van der Waals surface area contributed by atoms with E-state index in [1.54, 1.807) is 25.1 Å². The van der Waals surface area contributed by atoms with E-state index >= 15 is 0 Å². The summed E-state index contributed by atoms with van der Waals surface area (Å²) in [5, 5.41) is 0.348. The lowest BCUT2D eigenvalue weighted by atomic mass is 10.3. The predicted octanol–water partition coefficient (Wildman–Crippen LogP) is 2.50. The van der Waals surface area contributed by atoms with Gasteiger partial charge in [0.05, 0.1) is 23.6 Å². The smallest absolute Gasteiger partial charge is 0.232 e. The molecule has 6 heteroatoms. The molecule has 0 saturated heterocycles. The summed E-state index contributed by atoms with van der Waals surface area (Å²) >= 11 is 5.88. The van der Waals surface area contributed by atoms with Crippen molar-refractivity contribution >= 4 is 27.3 Å². The Labute approximate surface area is 101 Å². The minimum absolute atomic E-state index is 0.0700. The average molecular weight is 264 g/mol. The van der Waals surface area contributed by atoms with Crippen LogP contribution >= 0.6 is 11.6 Å². The van der Waals surface area contributed by atoms with Crippen LogP contribution < -0.4 is 9.46 Å². The molecule has 0 aliphatic carbocycles. The Hall–Kier alpha value is -0.940. The summed E-state index contributed by atoms with van der Waals surface area (Å²) in [6.07, 6.45) is 0.553. The monoisotopic (exact) mass is 263 g/mol.